The number of rotatable bonds is 5. The van der Waals surface area contributed by atoms with Gasteiger partial charge in [0.25, 0.3) is 0 Å². The largest absolute Gasteiger partial charge is 0.336 e. The van der Waals surface area contributed by atoms with E-state index in [1.54, 1.807) is 0 Å². The molecule has 0 aliphatic carbocycles. The van der Waals surface area contributed by atoms with Crippen LogP contribution in [0.15, 0.2) is 60.7 Å². The van der Waals surface area contributed by atoms with Gasteiger partial charge in [-0.25, -0.2) is 0 Å². The van der Waals surface area contributed by atoms with Gasteiger partial charge in [-0.2, -0.15) is 0 Å². The average molecular weight is 586 g/mol. The molecule has 2 saturated heterocycles. The molecule has 2 aromatic carbocycles. The summed E-state index contributed by atoms with van der Waals surface area (Å²) in [5, 5.41) is 4.05. The number of carbonyl (C=O) groups excluding carboxylic acids is 1. The minimum Gasteiger partial charge on any atom is -0.336 e. The van der Waals surface area contributed by atoms with Gasteiger partial charge in [0.15, 0.2) is 0 Å². The maximum atomic E-state index is 12.1. The summed E-state index contributed by atoms with van der Waals surface area (Å²) >= 11 is 3.31. The molecule has 0 bridgehead atoms. The molecule has 210 valence electrons. The number of nitrogens with zero attached hydrogens (tertiary/aromatic N) is 3. The molecule has 6 heteroatoms. The molecule has 2 aliphatic heterocycles. The van der Waals surface area contributed by atoms with Crippen molar-refractivity contribution >= 4 is 21.8 Å². The van der Waals surface area contributed by atoms with E-state index in [2.05, 4.69) is 132 Å². The quantitative estimate of drug-likeness (QED) is 0.461. The zero-order valence-corrected chi connectivity index (χ0v) is 26.0. The van der Waals surface area contributed by atoms with Gasteiger partial charge in [0, 0.05) is 64.4 Å². The van der Waals surface area contributed by atoms with E-state index in [9.17, 15) is 4.79 Å². The molecule has 38 heavy (non-hydrogen) atoms. The molecule has 2 fully saturated rings. The molecule has 2 aromatic rings. The van der Waals surface area contributed by atoms with E-state index in [4.69, 9.17) is 0 Å². The lowest BCUT2D eigenvalue weighted by Gasteiger charge is -2.47. The Hall–Kier alpha value is -1.73. The zero-order chi connectivity index (χ0) is 27.8. The molecule has 0 unspecified atom stereocenters. The minimum absolute atomic E-state index is 0.0905. The van der Waals surface area contributed by atoms with Crippen molar-refractivity contribution < 1.29 is 4.79 Å². The first-order chi connectivity index (χ1) is 18.0. The molecule has 0 aromatic heterocycles. The van der Waals surface area contributed by atoms with Crippen molar-refractivity contribution in [1.82, 2.24) is 20.0 Å². The molecule has 2 aliphatic rings. The number of piperazine rings is 2. The van der Waals surface area contributed by atoms with E-state index in [-0.39, 0.29) is 17.4 Å². The Balaban J connectivity index is 0.000000215. The van der Waals surface area contributed by atoms with E-state index < -0.39 is 0 Å². The van der Waals surface area contributed by atoms with E-state index in [1.165, 1.54) is 11.1 Å². The third kappa shape index (κ3) is 9.48. The minimum atomic E-state index is 0.0905. The summed E-state index contributed by atoms with van der Waals surface area (Å²) < 4.78 is 0. The lowest BCUT2D eigenvalue weighted by molar-refractivity contribution is -0.136. The van der Waals surface area contributed by atoms with Crippen LogP contribution in [-0.2, 0) is 17.9 Å². The maximum absolute atomic E-state index is 12.1. The molecular weight excluding hydrogens is 536 g/mol. The number of alkyl halides is 1. The van der Waals surface area contributed by atoms with E-state index in [1.807, 2.05) is 6.07 Å². The van der Waals surface area contributed by atoms with Gasteiger partial charge in [-0.3, -0.25) is 14.6 Å². The predicted molar refractivity (Wildman–Crippen MR) is 163 cm³/mol. The standard InChI is InChI=1S/C17H25BrN2O.C15H24N2/c1-17(2,3)15-13-19(9-10-20(15)16(21)11-18)12-14-7-5-4-6-8-14;1-15(2,3)14-12-17(10-9-16-14)11-13-7-5-4-6-8-13/h4-8,15H,9-13H2,1-3H3;4-8,14,16H,9-12H2,1-3H3/t15-;14-/m11/s1. The summed E-state index contributed by atoms with van der Waals surface area (Å²) in [5.74, 6) is 0.203. The second kappa shape index (κ2) is 14.1. The molecule has 5 nitrogen and oxygen atoms in total. The molecule has 0 radical (unpaired) electrons. The van der Waals surface area contributed by atoms with Crippen LogP contribution in [0.25, 0.3) is 0 Å². The van der Waals surface area contributed by atoms with Crippen molar-refractivity contribution in [2.45, 2.75) is 66.7 Å². The maximum Gasteiger partial charge on any atom is 0.233 e. The van der Waals surface area contributed by atoms with E-state index in [0.29, 0.717) is 16.8 Å². The Morgan fingerprint density at radius 1 is 0.789 bits per heavy atom. The molecule has 0 spiro atoms. The zero-order valence-electron chi connectivity index (χ0n) is 24.4. The lowest BCUT2D eigenvalue weighted by Crippen LogP contribution is -2.59. The first-order valence-corrected chi connectivity index (χ1v) is 15.2. The van der Waals surface area contributed by atoms with Gasteiger partial charge in [0.1, 0.15) is 0 Å². The highest BCUT2D eigenvalue weighted by molar-refractivity contribution is 9.09. The Labute approximate surface area is 240 Å². The van der Waals surface area contributed by atoms with E-state index in [0.717, 1.165) is 52.4 Å². The number of nitrogens with one attached hydrogen (secondary N) is 1. The Morgan fingerprint density at radius 3 is 1.79 bits per heavy atom. The van der Waals surface area contributed by atoms with E-state index >= 15 is 0 Å². The monoisotopic (exact) mass is 584 g/mol. The highest BCUT2D eigenvalue weighted by atomic mass is 79.9. The highest BCUT2D eigenvalue weighted by Gasteiger charge is 2.37. The van der Waals surface area contributed by atoms with Crippen LogP contribution in [0.3, 0.4) is 0 Å². The summed E-state index contributed by atoms with van der Waals surface area (Å²) in [5.41, 5.74) is 3.19. The van der Waals surface area contributed by atoms with Gasteiger partial charge in [-0.1, -0.05) is 118 Å². The molecule has 4 rings (SSSR count). The van der Waals surface area contributed by atoms with Gasteiger partial charge in [0.2, 0.25) is 5.91 Å². The first kappa shape index (κ1) is 30.8. The second-order valence-electron chi connectivity index (χ2n) is 12.9. The van der Waals surface area contributed by atoms with Crippen LogP contribution in [0.5, 0.6) is 0 Å². The number of amides is 1. The Kier molecular flexibility index (Phi) is 11.4. The fourth-order valence-corrected chi connectivity index (χ4v) is 5.64. The third-order valence-electron chi connectivity index (χ3n) is 7.70. The summed E-state index contributed by atoms with van der Waals surface area (Å²) in [4.78, 5) is 19.2. The number of hydrogen-bond donors (Lipinski definition) is 1. The van der Waals surface area contributed by atoms with Crippen LogP contribution in [0.4, 0.5) is 0 Å². The van der Waals surface area contributed by atoms with Crippen LogP contribution in [0.1, 0.15) is 52.7 Å². The third-order valence-corrected chi connectivity index (χ3v) is 8.18. The van der Waals surface area contributed by atoms with Crippen molar-refractivity contribution in [3.8, 4) is 0 Å². The fraction of sp³-hybridized carbons (Fsp3) is 0.594. The summed E-state index contributed by atoms with van der Waals surface area (Å²) in [6.07, 6.45) is 0. The van der Waals surface area contributed by atoms with Crippen LogP contribution in [0, 0.1) is 10.8 Å². The average Bonchev–Trinajstić information content (AvgIpc) is 2.89. The smallest absolute Gasteiger partial charge is 0.233 e. The lowest BCUT2D eigenvalue weighted by atomic mass is 9.84. The Bertz CT molecular complexity index is 970. The summed E-state index contributed by atoms with van der Waals surface area (Å²) in [6, 6.07) is 22.2. The van der Waals surface area contributed by atoms with Crippen LogP contribution >= 0.6 is 15.9 Å². The van der Waals surface area contributed by atoms with Crippen LogP contribution < -0.4 is 5.32 Å². The van der Waals surface area contributed by atoms with Gasteiger partial charge in [-0.05, 0) is 22.0 Å². The fourth-order valence-electron chi connectivity index (χ4n) is 5.32. The van der Waals surface area contributed by atoms with Crippen molar-refractivity contribution in [3.05, 3.63) is 71.8 Å². The molecule has 2 atom stereocenters. The Morgan fingerprint density at radius 2 is 1.32 bits per heavy atom. The molecule has 1 N–H and O–H groups in total. The molecule has 1 amide bonds. The van der Waals surface area contributed by atoms with Crippen molar-refractivity contribution in [2.24, 2.45) is 10.8 Å². The molecule has 2 heterocycles. The normalized spacial score (nSPS) is 21.5. The number of halogens is 1. The summed E-state index contributed by atoms with van der Waals surface area (Å²) in [6.45, 7) is 21.8. The van der Waals surface area contributed by atoms with Gasteiger partial charge >= 0.3 is 0 Å². The van der Waals surface area contributed by atoms with Crippen LogP contribution in [-0.4, -0.2) is 77.3 Å². The predicted octanol–water partition coefficient (Wildman–Crippen LogP) is 5.65. The topological polar surface area (TPSA) is 38.8 Å². The van der Waals surface area contributed by atoms with Crippen molar-refractivity contribution in [2.75, 3.05) is 44.6 Å². The van der Waals surface area contributed by atoms with Gasteiger partial charge in [-0.15, -0.1) is 0 Å². The number of carbonyl (C=O) groups is 1. The first-order valence-electron chi connectivity index (χ1n) is 14.1. The number of hydrogen-bond acceptors (Lipinski definition) is 4. The SMILES string of the molecule is CC(C)(C)[C@H]1CN(Cc2ccccc2)CCN1.CC(C)(C)[C@H]1CN(Cc2ccccc2)CCN1C(=O)CBr. The van der Waals surface area contributed by atoms with Crippen molar-refractivity contribution in [1.29, 1.82) is 0 Å². The summed E-state index contributed by atoms with van der Waals surface area (Å²) in [7, 11) is 0. The van der Waals surface area contributed by atoms with Gasteiger partial charge in [0.05, 0.1) is 5.33 Å². The molecular formula is C32H49BrN4O. The van der Waals surface area contributed by atoms with Crippen molar-refractivity contribution in [3.63, 3.8) is 0 Å². The molecule has 0 saturated carbocycles. The van der Waals surface area contributed by atoms with Crippen LogP contribution in [0.2, 0.25) is 0 Å². The highest BCUT2D eigenvalue weighted by Crippen LogP contribution is 2.29. The van der Waals surface area contributed by atoms with Gasteiger partial charge < -0.3 is 10.2 Å². The number of benzene rings is 2. The second-order valence-corrected chi connectivity index (χ2v) is 13.5.